The highest BCUT2D eigenvalue weighted by molar-refractivity contribution is 7.86. The summed E-state index contributed by atoms with van der Waals surface area (Å²) in [5.41, 5.74) is 0.359. The van der Waals surface area contributed by atoms with Gasteiger partial charge in [0.1, 0.15) is 0 Å². The van der Waals surface area contributed by atoms with Crippen molar-refractivity contribution in [1.29, 1.82) is 5.26 Å². The molecule has 0 atom stereocenters. The van der Waals surface area contributed by atoms with Crippen LogP contribution < -0.4 is 0 Å². The SMILES string of the molecule is Cc1ccc(S(=O)(=O)OCC2(C#N)CC(C)C2)cc1. The van der Waals surface area contributed by atoms with Crippen LogP contribution in [0.15, 0.2) is 29.2 Å². The summed E-state index contributed by atoms with van der Waals surface area (Å²) in [5, 5.41) is 9.13. The molecule has 1 aromatic rings. The summed E-state index contributed by atoms with van der Waals surface area (Å²) in [5.74, 6) is 0.463. The number of hydrogen-bond acceptors (Lipinski definition) is 4. The maximum absolute atomic E-state index is 12.0. The van der Waals surface area contributed by atoms with Crippen molar-refractivity contribution >= 4 is 10.1 Å². The lowest BCUT2D eigenvalue weighted by Gasteiger charge is -2.40. The normalized spacial score (nSPS) is 26.5. The van der Waals surface area contributed by atoms with Crippen LogP contribution in [0.1, 0.15) is 25.3 Å². The summed E-state index contributed by atoms with van der Waals surface area (Å²) in [6.45, 7) is 3.88. The molecule has 1 saturated carbocycles. The quantitative estimate of drug-likeness (QED) is 0.795. The molecule has 4 nitrogen and oxygen atoms in total. The molecule has 0 spiro atoms. The Labute approximate surface area is 114 Å². The lowest BCUT2D eigenvalue weighted by molar-refractivity contribution is 0.0687. The fourth-order valence-corrected chi connectivity index (χ4v) is 3.47. The molecule has 0 saturated heterocycles. The maximum Gasteiger partial charge on any atom is 0.297 e. The van der Waals surface area contributed by atoms with E-state index in [0.717, 1.165) is 5.56 Å². The summed E-state index contributed by atoms with van der Waals surface area (Å²) in [6.07, 6.45) is 1.40. The third-order valence-corrected chi connectivity index (χ3v) is 4.79. The fraction of sp³-hybridized carbons (Fsp3) is 0.500. The predicted octanol–water partition coefficient (Wildman–Crippen LogP) is 2.64. The van der Waals surface area contributed by atoms with Crippen LogP contribution in [0.2, 0.25) is 0 Å². The minimum absolute atomic E-state index is 0.0515. The molecule has 1 aromatic carbocycles. The Morgan fingerprint density at radius 1 is 1.37 bits per heavy atom. The van der Waals surface area contributed by atoms with Gasteiger partial charge < -0.3 is 0 Å². The number of nitriles is 1. The van der Waals surface area contributed by atoms with Crippen LogP contribution in [0.5, 0.6) is 0 Å². The van der Waals surface area contributed by atoms with Gasteiger partial charge in [0.2, 0.25) is 0 Å². The Balaban J connectivity index is 2.06. The van der Waals surface area contributed by atoms with E-state index in [0.29, 0.717) is 18.8 Å². The largest absolute Gasteiger partial charge is 0.297 e. The lowest BCUT2D eigenvalue weighted by Crippen LogP contribution is -2.39. The predicted molar refractivity (Wildman–Crippen MR) is 70.8 cm³/mol. The zero-order valence-corrected chi connectivity index (χ0v) is 11.9. The summed E-state index contributed by atoms with van der Waals surface area (Å²) < 4.78 is 29.0. The second-order valence-corrected chi connectivity index (χ2v) is 7.05. The first-order valence-corrected chi connectivity index (χ1v) is 7.65. The maximum atomic E-state index is 12.0. The van der Waals surface area contributed by atoms with E-state index in [4.69, 9.17) is 9.44 Å². The molecule has 0 radical (unpaired) electrons. The van der Waals surface area contributed by atoms with Crippen LogP contribution >= 0.6 is 0 Å². The molecule has 2 rings (SSSR count). The van der Waals surface area contributed by atoms with E-state index in [1.54, 1.807) is 12.1 Å². The summed E-state index contributed by atoms with van der Waals surface area (Å²) in [6, 6.07) is 8.68. The first-order valence-electron chi connectivity index (χ1n) is 6.24. The molecule has 0 heterocycles. The first-order chi connectivity index (χ1) is 8.87. The highest BCUT2D eigenvalue weighted by atomic mass is 32.2. The van der Waals surface area contributed by atoms with Gasteiger partial charge in [-0.3, -0.25) is 4.18 Å². The molecule has 0 N–H and O–H groups in total. The molecule has 1 aliphatic rings. The Bertz CT molecular complexity index is 593. The van der Waals surface area contributed by atoms with Crippen LogP contribution in [0.4, 0.5) is 0 Å². The van der Waals surface area contributed by atoms with E-state index in [1.165, 1.54) is 12.1 Å². The van der Waals surface area contributed by atoms with E-state index in [9.17, 15) is 8.42 Å². The average molecular weight is 279 g/mol. The Morgan fingerprint density at radius 2 is 1.95 bits per heavy atom. The average Bonchev–Trinajstić information content (AvgIpc) is 2.34. The number of benzene rings is 1. The summed E-state index contributed by atoms with van der Waals surface area (Å²) in [7, 11) is -3.77. The van der Waals surface area contributed by atoms with E-state index >= 15 is 0 Å². The number of nitrogens with zero attached hydrogens (tertiary/aromatic N) is 1. The number of rotatable bonds is 4. The minimum Gasteiger partial charge on any atom is -0.265 e. The molecular weight excluding hydrogens is 262 g/mol. The van der Waals surface area contributed by atoms with Gasteiger partial charge in [-0.25, -0.2) is 0 Å². The first kappa shape index (κ1) is 14.0. The Hall–Kier alpha value is -1.38. The fourth-order valence-electron chi connectivity index (χ4n) is 2.48. The molecule has 5 heteroatoms. The molecule has 0 aromatic heterocycles. The third-order valence-electron chi connectivity index (χ3n) is 3.52. The molecule has 102 valence electrons. The smallest absolute Gasteiger partial charge is 0.265 e. The van der Waals surface area contributed by atoms with Crippen LogP contribution in [-0.2, 0) is 14.3 Å². The van der Waals surface area contributed by atoms with Crippen molar-refractivity contribution in [3.63, 3.8) is 0 Å². The zero-order chi connectivity index (χ0) is 14.1. The second kappa shape index (κ2) is 4.95. The van der Waals surface area contributed by atoms with Crippen molar-refractivity contribution in [3.8, 4) is 6.07 Å². The van der Waals surface area contributed by atoms with Crippen LogP contribution in [0.3, 0.4) is 0 Å². The molecule has 0 unspecified atom stereocenters. The van der Waals surface area contributed by atoms with E-state index < -0.39 is 15.5 Å². The monoisotopic (exact) mass is 279 g/mol. The van der Waals surface area contributed by atoms with E-state index in [2.05, 4.69) is 6.07 Å². The Kier molecular flexibility index (Phi) is 3.66. The van der Waals surface area contributed by atoms with Gasteiger partial charge in [-0.05, 0) is 37.8 Å². The van der Waals surface area contributed by atoms with Gasteiger partial charge in [0.25, 0.3) is 10.1 Å². The van der Waals surface area contributed by atoms with Crippen molar-refractivity contribution in [1.82, 2.24) is 0 Å². The molecule has 0 aliphatic heterocycles. The molecule has 0 amide bonds. The third kappa shape index (κ3) is 2.96. The van der Waals surface area contributed by atoms with Crippen molar-refractivity contribution in [2.75, 3.05) is 6.61 Å². The van der Waals surface area contributed by atoms with Gasteiger partial charge in [-0.15, -0.1) is 0 Å². The second-order valence-electron chi connectivity index (χ2n) is 5.43. The standard InChI is InChI=1S/C14H17NO3S/c1-11-3-5-13(6-4-11)19(16,17)18-10-14(9-15)7-12(2)8-14/h3-6,12H,7-8,10H2,1-2H3. The van der Waals surface area contributed by atoms with Gasteiger partial charge in [0.05, 0.1) is 23.0 Å². The van der Waals surface area contributed by atoms with Gasteiger partial charge in [-0.2, -0.15) is 13.7 Å². The molecule has 1 aliphatic carbocycles. The molecule has 0 bridgehead atoms. The summed E-state index contributed by atoms with van der Waals surface area (Å²) in [4.78, 5) is 0.138. The minimum atomic E-state index is -3.77. The van der Waals surface area contributed by atoms with Gasteiger partial charge in [-0.1, -0.05) is 24.6 Å². The van der Waals surface area contributed by atoms with E-state index in [1.807, 2.05) is 13.8 Å². The number of aryl methyl sites for hydroxylation is 1. The molecular formula is C14H17NO3S. The highest BCUT2D eigenvalue weighted by Crippen LogP contribution is 2.45. The van der Waals surface area contributed by atoms with Crippen molar-refractivity contribution < 1.29 is 12.6 Å². The highest BCUT2D eigenvalue weighted by Gasteiger charge is 2.43. The van der Waals surface area contributed by atoms with E-state index in [-0.39, 0.29) is 11.5 Å². The van der Waals surface area contributed by atoms with Crippen molar-refractivity contribution in [2.24, 2.45) is 11.3 Å². The van der Waals surface area contributed by atoms with Gasteiger partial charge in [0, 0.05) is 0 Å². The summed E-state index contributed by atoms with van der Waals surface area (Å²) >= 11 is 0. The zero-order valence-electron chi connectivity index (χ0n) is 11.1. The van der Waals surface area contributed by atoms with Gasteiger partial charge >= 0.3 is 0 Å². The van der Waals surface area contributed by atoms with Gasteiger partial charge in [0.15, 0.2) is 0 Å². The van der Waals surface area contributed by atoms with Crippen molar-refractivity contribution in [3.05, 3.63) is 29.8 Å². The van der Waals surface area contributed by atoms with Crippen LogP contribution in [-0.4, -0.2) is 15.0 Å². The lowest BCUT2D eigenvalue weighted by atomic mass is 9.64. The molecule has 19 heavy (non-hydrogen) atoms. The molecule has 1 fully saturated rings. The van der Waals surface area contributed by atoms with Crippen LogP contribution in [0.25, 0.3) is 0 Å². The van der Waals surface area contributed by atoms with Crippen molar-refractivity contribution in [2.45, 2.75) is 31.6 Å². The number of hydrogen-bond donors (Lipinski definition) is 0. The van der Waals surface area contributed by atoms with Crippen LogP contribution in [0, 0.1) is 29.6 Å². The topological polar surface area (TPSA) is 67.2 Å². The Morgan fingerprint density at radius 3 is 2.42 bits per heavy atom.